The lowest BCUT2D eigenvalue weighted by atomic mass is 10.2. The van der Waals surface area contributed by atoms with E-state index in [0.717, 1.165) is 15.7 Å². The first kappa shape index (κ1) is 15.9. The number of nitrogens with one attached hydrogen (secondary N) is 2. The van der Waals surface area contributed by atoms with Gasteiger partial charge in [0.05, 0.1) is 0 Å². The number of hydrogen-bond acceptors (Lipinski definition) is 2. The summed E-state index contributed by atoms with van der Waals surface area (Å²) < 4.78 is 1.00. The first-order chi connectivity index (χ1) is 10.1. The van der Waals surface area contributed by atoms with E-state index in [4.69, 9.17) is 11.6 Å². The molecule has 2 rings (SSSR count). The van der Waals surface area contributed by atoms with Crippen molar-refractivity contribution in [3.8, 4) is 0 Å². The minimum atomic E-state index is -0.325. The number of amides is 1. The molecule has 0 aliphatic heterocycles. The van der Waals surface area contributed by atoms with Crippen molar-refractivity contribution in [2.45, 2.75) is 19.5 Å². The average molecular weight is 368 g/mol. The van der Waals surface area contributed by atoms with Crippen LogP contribution < -0.4 is 10.6 Å². The van der Waals surface area contributed by atoms with Crippen LogP contribution in [0.4, 0.5) is 5.69 Å². The normalized spacial score (nSPS) is 11.8. The number of benzene rings is 2. The number of rotatable bonds is 5. The van der Waals surface area contributed by atoms with Crippen LogP contribution in [0.5, 0.6) is 0 Å². The lowest BCUT2D eigenvalue weighted by molar-refractivity contribution is -0.121. The summed E-state index contributed by atoms with van der Waals surface area (Å²) in [4.78, 5) is 12.1. The third-order valence-corrected chi connectivity index (χ3v) is 3.93. The van der Waals surface area contributed by atoms with E-state index in [2.05, 4.69) is 26.6 Å². The molecule has 2 aromatic carbocycles. The summed E-state index contributed by atoms with van der Waals surface area (Å²) in [6.07, 6.45) is 0. The maximum atomic E-state index is 12.1. The predicted octanol–water partition coefficient (Wildman–Crippen LogP) is 4.22. The molecule has 110 valence electrons. The van der Waals surface area contributed by atoms with Gasteiger partial charge in [-0.25, -0.2) is 0 Å². The van der Waals surface area contributed by atoms with E-state index in [0.29, 0.717) is 11.6 Å². The summed E-state index contributed by atoms with van der Waals surface area (Å²) in [6.45, 7) is 2.24. The van der Waals surface area contributed by atoms with E-state index in [1.807, 2.05) is 55.5 Å². The molecule has 3 nitrogen and oxygen atoms in total. The van der Waals surface area contributed by atoms with Crippen molar-refractivity contribution in [2.75, 3.05) is 5.32 Å². The summed E-state index contributed by atoms with van der Waals surface area (Å²) in [5.41, 5.74) is 1.81. The van der Waals surface area contributed by atoms with Gasteiger partial charge in [0, 0.05) is 21.7 Å². The molecular formula is C16H16BrClN2O. The van der Waals surface area contributed by atoms with Crippen LogP contribution >= 0.6 is 27.5 Å². The second kappa shape index (κ2) is 7.48. The van der Waals surface area contributed by atoms with Gasteiger partial charge in [0.25, 0.3) is 0 Å². The fraction of sp³-hybridized carbons (Fsp3) is 0.188. The van der Waals surface area contributed by atoms with Gasteiger partial charge in [0.15, 0.2) is 0 Å². The second-order valence-corrected chi connectivity index (χ2v) is 6.01. The van der Waals surface area contributed by atoms with Crippen LogP contribution in [0.1, 0.15) is 12.5 Å². The Morgan fingerprint density at radius 2 is 1.86 bits per heavy atom. The largest absolute Gasteiger partial charge is 0.374 e. The maximum Gasteiger partial charge on any atom is 0.242 e. The Morgan fingerprint density at radius 1 is 1.19 bits per heavy atom. The quantitative estimate of drug-likeness (QED) is 0.831. The number of carbonyl (C=O) groups is 1. The Morgan fingerprint density at radius 3 is 2.52 bits per heavy atom. The van der Waals surface area contributed by atoms with Crippen LogP contribution in [0.25, 0.3) is 0 Å². The molecule has 0 aromatic heterocycles. The fourth-order valence-corrected chi connectivity index (χ4v) is 2.31. The molecule has 0 unspecified atom stereocenters. The summed E-state index contributed by atoms with van der Waals surface area (Å²) in [7, 11) is 0. The molecule has 0 bridgehead atoms. The lowest BCUT2D eigenvalue weighted by Crippen LogP contribution is -2.37. The molecule has 0 fully saturated rings. The Bertz CT molecular complexity index is 616. The van der Waals surface area contributed by atoms with E-state index < -0.39 is 0 Å². The van der Waals surface area contributed by atoms with Gasteiger partial charge in [-0.3, -0.25) is 4.79 Å². The van der Waals surface area contributed by atoms with Gasteiger partial charge in [0.2, 0.25) is 5.91 Å². The van der Waals surface area contributed by atoms with Gasteiger partial charge in [-0.15, -0.1) is 0 Å². The van der Waals surface area contributed by atoms with Gasteiger partial charge >= 0.3 is 0 Å². The highest BCUT2D eigenvalue weighted by Crippen LogP contribution is 2.16. The van der Waals surface area contributed by atoms with E-state index in [1.54, 1.807) is 0 Å². The first-order valence-corrected chi connectivity index (χ1v) is 7.76. The maximum absolute atomic E-state index is 12.1. The highest BCUT2D eigenvalue weighted by Gasteiger charge is 2.12. The predicted molar refractivity (Wildman–Crippen MR) is 90.5 cm³/mol. The van der Waals surface area contributed by atoms with Crippen LogP contribution in [0.2, 0.25) is 5.02 Å². The fourth-order valence-electron chi connectivity index (χ4n) is 1.84. The molecule has 2 aromatic rings. The standard InChI is InChI=1S/C16H16BrClN2O/c1-11(20-14-8-6-13(17)7-9-14)16(21)19-10-12-4-2-3-5-15(12)18/h2-9,11,20H,10H2,1H3,(H,19,21)/t11-/m0/s1. The van der Waals surface area contributed by atoms with Crippen molar-refractivity contribution < 1.29 is 4.79 Å². The monoisotopic (exact) mass is 366 g/mol. The summed E-state index contributed by atoms with van der Waals surface area (Å²) >= 11 is 9.44. The minimum absolute atomic E-state index is 0.0714. The van der Waals surface area contributed by atoms with Crippen LogP contribution in [0, 0.1) is 0 Å². The zero-order valence-corrected chi connectivity index (χ0v) is 13.9. The van der Waals surface area contributed by atoms with Gasteiger partial charge in [-0.05, 0) is 42.8 Å². The van der Waals surface area contributed by atoms with E-state index in [-0.39, 0.29) is 11.9 Å². The molecule has 0 saturated heterocycles. The van der Waals surface area contributed by atoms with Crippen LogP contribution in [0.3, 0.4) is 0 Å². The van der Waals surface area contributed by atoms with E-state index in [9.17, 15) is 4.79 Å². The molecule has 1 amide bonds. The summed E-state index contributed by atoms with van der Waals surface area (Å²) in [5, 5.41) is 6.69. The van der Waals surface area contributed by atoms with Crippen molar-refractivity contribution in [3.63, 3.8) is 0 Å². The first-order valence-electron chi connectivity index (χ1n) is 6.59. The second-order valence-electron chi connectivity index (χ2n) is 4.68. The van der Waals surface area contributed by atoms with Gasteiger partial charge in [0.1, 0.15) is 6.04 Å². The lowest BCUT2D eigenvalue weighted by Gasteiger charge is -2.15. The molecule has 0 saturated carbocycles. The van der Waals surface area contributed by atoms with Gasteiger partial charge in [-0.1, -0.05) is 45.7 Å². The van der Waals surface area contributed by atoms with Crippen molar-refractivity contribution in [1.29, 1.82) is 0 Å². The smallest absolute Gasteiger partial charge is 0.242 e. The number of hydrogen-bond donors (Lipinski definition) is 2. The third kappa shape index (κ3) is 4.76. The third-order valence-electron chi connectivity index (χ3n) is 3.03. The van der Waals surface area contributed by atoms with Crippen molar-refractivity contribution >= 4 is 39.1 Å². The summed E-state index contributed by atoms with van der Waals surface area (Å²) in [5.74, 6) is -0.0714. The topological polar surface area (TPSA) is 41.1 Å². The molecule has 1 atom stereocenters. The summed E-state index contributed by atoms with van der Waals surface area (Å²) in [6, 6.07) is 14.8. The zero-order chi connectivity index (χ0) is 15.2. The molecule has 2 N–H and O–H groups in total. The average Bonchev–Trinajstić information content (AvgIpc) is 2.48. The molecule has 5 heteroatoms. The highest BCUT2D eigenvalue weighted by atomic mass is 79.9. The number of halogens is 2. The van der Waals surface area contributed by atoms with Crippen molar-refractivity contribution in [3.05, 3.63) is 63.6 Å². The minimum Gasteiger partial charge on any atom is -0.374 e. The van der Waals surface area contributed by atoms with Crippen LogP contribution in [-0.2, 0) is 11.3 Å². The van der Waals surface area contributed by atoms with E-state index in [1.165, 1.54) is 0 Å². The van der Waals surface area contributed by atoms with Crippen LogP contribution in [0.15, 0.2) is 53.0 Å². The van der Waals surface area contributed by atoms with Crippen LogP contribution in [-0.4, -0.2) is 11.9 Å². The SMILES string of the molecule is C[C@H](Nc1ccc(Br)cc1)C(=O)NCc1ccccc1Cl. The molecule has 0 radical (unpaired) electrons. The van der Waals surface area contributed by atoms with Gasteiger partial charge in [-0.2, -0.15) is 0 Å². The zero-order valence-electron chi connectivity index (χ0n) is 11.6. The molecule has 0 aliphatic rings. The Labute approximate surface area is 137 Å². The Kier molecular flexibility index (Phi) is 5.65. The Hall–Kier alpha value is -1.52. The van der Waals surface area contributed by atoms with Gasteiger partial charge < -0.3 is 10.6 Å². The number of carbonyl (C=O) groups excluding carboxylic acids is 1. The number of anilines is 1. The molecule has 0 heterocycles. The Balaban J connectivity index is 1.88. The van der Waals surface area contributed by atoms with Crippen molar-refractivity contribution in [2.24, 2.45) is 0 Å². The van der Waals surface area contributed by atoms with E-state index >= 15 is 0 Å². The van der Waals surface area contributed by atoms with Crippen molar-refractivity contribution in [1.82, 2.24) is 5.32 Å². The molecule has 0 spiro atoms. The molecule has 21 heavy (non-hydrogen) atoms. The molecular weight excluding hydrogens is 352 g/mol. The highest BCUT2D eigenvalue weighted by molar-refractivity contribution is 9.10. The molecule has 0 aliphatic carbocycles.